The van der Waals surface area contributed by atoms with Crippen LogP contribution in [0, 0.1) is 6.92 Å². The highest BCUT2D eigenvalue weighted by molar-refractivity contribution is 7.92. The summed E-state index contributed by atoms with van der Waals surface area (Å²) in [6, 6.07) is 6.00. The first-order chi connectivity index (χ1) is 15.2. The van der Waals surface area contributed by atoms with Gasteiger partial charge in [0.25, 0.3) is 5.91 Å². The SMILES string of the molecule is Cc1sc(C(=O)Nc2cc(Cl)cc(NS(C)(=O)=O)c2)cc1-c1ncc(N(C)S(C)(=O)=O)cn1. The number of anilines is 3. The van der Waals surface area contributed by atoms with Crippen LogP contribution in [0.25, 0.3) is 11.4 Å². The number of sulfonamides is 2. The van der Waals surface area contributed by atoms with E-state index in [2.05, 4.69) is 20.0 Å². The first kappa shape index (κ1) is 24.9. The highest BCUT2D eigenvalue weighted by Gasteiger charge is 2.18. The minimum atomic E-state index is -3.51. The van der Waals surface area contributed by atoms with Crippen molar-refractivity contribution in [3.63, 3.8) is 0 Å². The highest BCUT2D eigenvalue weighted by atomic mass is 35.5. The predicted molar refractivity (Wildman–Crippen MR) is 131 cm³/mol. The number of carbonyl (C=O) groups excluding carboxylic acids is 1. The maximum atomic E-state index is 12.8. The molecule has 0 aliphatic carbocycles. The van der Waals surface area contributed by atoms with Gasteiger partial charge in [-0.2, -0.15) is 0 Å². The molecule has 176 valence electrons. The van der Waals surface area contributed by atoms with Gasteiger partial charge < -0.3 is 5.32 Å². The van der Waals surface area contributed by atoms with Gasteiger partial charge in [-0.05, 0) is 31.2 Å². The summed E-state index contributed by atoms with van der Waals surface area (Å²) < 4.78 is 49.6. The van der Waals surface area contributed by atoms with Gasteiger partial charge in [0.05, 0.1) is 41.2 Å². The van der Waals surface area contributed by atoms with Crippen LogP contribution in [0.4, 0.5) is 17.1 Å². The zero-order valence-electron chi connectivity index (χ0n) is 17.9. The summed E-state index contributed by atoms with van der Waals surface area (Å²) in [6.45, 7) is 1.81. The zero-order valence-corrected chi connectivity index (χ0v) is 21.2. The Morgan fingerprint density at radius 3 is 2.21 bits per heavy atom. The largest absolute Gasteiger partial charge is 0.321 e. The molecule has 2 heterocycles. The molecule has 0 bridgehead atoms. The molecule has 1 aromatic carbocycles. The average molecular weight is 530 g/mol. The Balaban J connectivity index is 1.82. The zero-order chi connectivity index (χ0) is 24.6. The molecule has 0 saturated heterocycles. The lowest BCUT2D eigenvalue weighted by Gasteiger charge is -2.15. The van der Waals surface area contributed by atoms with E-state index in [4.69, 9.17) is 11.6 Å². The molecule has 0 saturated carbocycles. The topological polar surface area (TPSA) is 138 Å². The fraction of sp³-hybridized carbons (Fsp3) is 0.211. The van der Waals surface area contributed by atoms with Gasteiger partial charge in [0, 0.05) is 28.2 Å². The summed E-state index contributed by atoms with van der Waals surface area (Å²) in [5, 5.41) is 2.94. The van der Waals surface area contributed by atoms with E-state index in [-0.39, 0.29) is 10.7 Å². The van der Waals surface area contributed by atoms with Crippen molar-refractivity contribution in [3.8, 4) is 11.4 Å². The second-order valence-corrected chi connectivity index (χ2v) is 12.6. The second-order valence-electron chi connectivity index (χ2n) is 7.13. The minimum absolute atomic E-state index is 0.218. The van der Waals surface area contributed by atoms with E-state index in [0.717, 1.165) is 21.7 Å². The van der Waals surface area contributed by atoms with Gasteiger partial charge in [0.15, 0.2) is 5.82 Å². The normalized spacial score (nSPS) is 11.8. The van der Waals surface area contributed by atoms with Gasteiger partial charge in [0.2, 0.25) is 20.0 Å². The van der Waals surface area contributed by atoms with Crippen molar-refractivity contribution >= 4 is 66.0 Å². The van der Waals surface area contributed by atoms with Gasteiger partial charge in [-0.1, -0.05) is 11.6 Å². The number of aryl methyl sites for hydroxylation is 1. The van der Waals surface area contributed by atoms with E-state index in [9.17, 15) is 21.6 Å². The van der Waals surface area contributed by atoms with Gasteiger partial charge in [-0.3, -0.25) is 13.8 Å². The van der Waals surface area contributed by atoms with Gasteiger partial charge in [0.1, 0.15) is 0 Å². The van der Waals surface area contributed by atoms with Crippen LogP contribution in [0.5, 0.6) is 0 Å². The van der Waals surface area contributed by atoms with Crippen LogP contribution < -0.4 is 14.3 Å². The van der Waals surface area contributed by atoms with Crippen molar-refractivity contribution in [2.75, 3.05) is 33.9 Å². The molecule has 3 rings (SSSR count). The molecule has 0 aliphatic heterocycles. The van der Waals surface area contributed by atoms with Crippen LogP contribution in [0.3, 0.4) is 0 Å². The van der Waals surface area contributed by atoms with Crippen molar-refractivity contribution in [2.24, 2.45) is 0 Å². The molecule has 2 aromatic heterocycles. The van der Waals surface area contributed by atoms with Crippen molar-refractivity contribution in [1.29, 1.82) is 0 Å². The summed E-state index contributed by atoms with van der Waals surface area (Å²) in [6.07, 6.45) is 4.87. The minimum Gasteiger partial charge on any atom is -0.321 e. The van der Waals surface area contributed by atoms with Crippen LogP contribution in [-0.4, -0.2) is 52.3 Å². The first-order valence-electron chi connectivity index (χ1n) is 9.19. The number of nitrogens with one attached hydrogen (secondary N) is 2. The highest BCUT2D eigenvalue weighted by Crippen LogP contribution is 2.31. The molecule has 33 heavy (non-hydrogen) atoms. The second kappa shape index (κ2) is 9.25. The van der Waals surface area contributed by atoms with E-state index < -0.39 is 26.0 Å². The Bertz CT molecular complexity index is 1420. The summed E-state index contributed by atoms with van der Waals surface area (Å²) in [5.41, 5.74) is 1.47. The van der Waals surface area contributed by atoms with E-state index in [1.54, 1.807) is 6.07 Å². The fourth-order valence-electron chi connectivity index (χ4n) is 2.76. The first-order valence-corrected chi connectivity index (χ1v) is 14.1. The molecule has 10 nitrogen and oxygen atoms in total. The lowest BCUT2D eigenvalue weighted by atomic mass is 10.2. The summed E-state index contributed by atoms with van der Waals surface area (Å²) in [4.78, 5) is 22.4. The Morgan fingerprint density at radius 1 is 1.03 bits per heavy atom. The van der Waals surface area contributed by atoms with Crippen LogP contribution in [0.15, 0.2) is 36.7 Å². The molecule has 2 N–H and O–H groups in total. The number of aromatic nitrogens is 2. The summed E-state index contributed by atoms with van der Waals surface area (Å²) in [7, 11) is -5.55. The maximum absolute atomic E-state index is 12.8. The third kappa shape index (κ3) is 6.41. The Hall–Kier alpha value is -2.74. The Kier molecular flexibility index (Phi) is 6.98. The molecule has 0 fully saturated rings. The molecule has 0 unspecified atom stereocenters. The van der Waals surface area contributed by atoms with Gasteiger partial charge in [-0.25, -0.2) is 26.8 Å². The molecular formula is C19H20ClN5O5S3. The molecule has 0 spiro atoms. The number of rotatable bonds is 7. The van der Waals surface area contributed by atoms with Crippen molar-refractivity contribution < 1.29 is 21.6 Å². The fourth-order valence-corrected chi connectivity index (χ4v) is 4.93. The third-order valence-electron chi connectivity index (χ3n) is 4.34. The number of nitrogens with zero attached hydrogens (tertiary/aromatic N) is 3. The van der Waals surface area contributed by atoms with Gasteiger partial charge >= 0.3 is 0 Å². The maximum Gasteiger partial charge on any atom is 0.265 e. The summed E-state index contributed by atoms with van der Waals surface area (Å²) in [5.74, 6) is -0.0776. The molecule has 3 aromatic rings. The van der Waals surface area contributed by atoms with Crippen LogP contribution >= 0.6 is 22.9 Å². The van der Waals surface area contributed by atoms with Crippen LogP contribution in [0.2, 0.25) is 5.02 Å². The van der Waals surface area contributed by atoms with E-state index >= 15 is 0 Å². The number of halogens is 1. The number of benzene rings is 1. The van der Waals surface area contributed by atoms with Gasteiger partial charge in [-0.15, -0.1) is 11.3 Å². The van der Waals surface area contributed by atoms with Crippen LogP contribution in [-0.2, 0) is 20.0 Å². The third-order valence-corrected chi connectivity index (χ3v) is 7.42. The van der Waals surface area contributed by atoms with Crippen molar-refractivity contribution in [3.05, 3.63) is 51.4 Å². The quantitative estimate of drug-likeness (QED) is 0.479. The molecule has 14 heteroatoms. The number of hydrogen-bond donors (Lipinski definition) is 2. The molecule has 1 amide bonds. The number of amides is 1. The Labute approximate surface area is 200 Å². The number of carbonyl (C=O) groups is 1. The molecule has 0 radical (unpaired) electrons. The molecule has 0 aliphatic rings. The lowest BCUT2D eigenvalue weighted by Crippen LogP contribution is -2.25. The monoisotopic (exact) mass is 529 g/mol. The van der Waals surface area contributed by atoms with Crippen molar-refractivity contribution in [1.82, 2.24) is 9.97 Å². The lowest BCUT2D eigenvalue weighted by molar-refractivity contribution is 0.103. The standard InChI is InChI=1S/C19H20ClN5O5S3/c1-11-16(18-21-9-15(10-22-18)25(2)33(4,29)30)8-17(31-11)19(26)23-13-5-12(20)6-14(7-13)24-32(3,27)28/h5-10,24H,1-4H3,(H,23,26). The molecular weight excluding hydrogens is 510 g/mol. The number of thiophene rings is 1. The smallest absolute Gasteiger partial charge is 0.265 e. The van der Waals surface area contributed by atoms with E-state index in [1.165, 1.54) is 49.0 Å². The Morgan fingerprint density at radius 2 is 1.64 bits per heavy atom. The summed E-state index contributed by atoms with van der Waals surface area (Å²) >= 11 is 7.27. The van der Waals surface area contributed by atoms with Crippen molar-refractivity contribution in [2.45, 2.75) is 6.92 Å². The molecule has 0 atom stereocenters. The number of hydrogen-bond acceptors (Lipinski definition) is 8. The predicted octanol–water partition coefficient (Wildman–Crippen LogP) is 3.19. The van der Waals surface area contributed by atoms with Crippen LogP contribution in [0.1, 0.15) is 14.5 Å². The van der Waals surface area contributed by atoms with E-state index in [1.807, 2.05) is 6.92 Å². The average Bonchev–Trinajstić information content (AvgIpc) is 3.07. The van der Waals surface area contributed by atoms with E-state index in [0.29, 0.717) is 27.6 Å².